The Morgan fingerprint density at radius 2 is 1.73 bits per heavy atom. The second-order valence-corrected chi connectivity index (χ2v) is 3.66. The number of Topliss-reactive ketones (excluding diaryl/α,β-unsaturated/α-hetero) is 2. The predicted octanol–water partition coefficient (Wildman–Crippen LogP) is 1.58. The first-order valence-electron chi connectivity index (χ1n) is 4.06. The first-order chi connectivity index (χ1) is 5.00. The van der Waals surface area contributed by atoms with Crippen molar-refractivity contribution in [2.45, 2.75) is 33.6 Å². The zero-order valence-electron chi connectivity index (χ0n) is 7.31. The quantitative estimate of drug-likeness (QED) is 0.578. The van der Waals surface area contributed by atoms with Gasteiger partial charge in [-0.2, -0.15) is 0 Å². The van der Waals surface area contributed by atoms with Crippen LogP contribution in [0.3, 0.4) is 0 Å². The van der Waals surface area contributed by atoms with Gasteiger partial charge in [0.25, 0.3) is 0 Å². The molecule has 62 valence electrons. The predicted molar refractivity (Wildman–Crippen MR) is 42.2 cm³/mol. The molecule has 11 heavy (non-hydrogen) atoms. The van der Waals surface area contributed by atoms with Crippen molar-refractivity contribution in [2.75, 3.05) is 0 Å². The normalized spacial score (nSPS) is 20.0. The van der Waals surface area contributed by atoms with Gasteiger partial charge in [0.2, 0.25) is 0 Å². The van der Waals surface area contributed by atoms with Crippen LogP contribution in [-0.4, -0.2) is 11.6 Å². The molecule has 2 nitrogen and oxygen atoms in total. The molecule has 0 N–H and O–H groups in total. The van der Waals surface area contributed by atoms with Gasteiger partial charge in [-0.25, -0.2) is 0 Å². The topological polar surface area (TPSA) is 34.1 Å². The van der Waals surface area contributed by atoms with Crippen molar-refractivity contribution in [2.24, 2.45) is 11.3 Å². The lowest BCUT2D eigenvalue weighted by Gasteiger charge is -2.11. The van der Waals surface area contributed by atoms with Gasteiger partial charge in [-0.3, -0.25) is 9.59 Å². The van der Waals surface area contributed by atoms with Gasteiger partial charge >= 0.3 is 0 Å². The third-order valence-electron chi connectivity index (χ3n) is 2.42. The molecule has 0 atom stereocenters. The number of carbonyl (C=O) groups excluding carboxylic acids is 2. The lowest BCUT2D eigenvalue weighted by atomic mass is 9.89. The Morgan fingerprint density at radius 3 is 1.82 bits per heavy atom. The zero-order chi connectivity index (χ0) is 8.65. The monoisotopic (exact) mass is 154 g/mol. The van der Waals surface area contributed by atoms with Crippen LogP contribution in [0.5, 0.6) is 0 Å². The minimum atomic E-state index is -0.547. The lowest BCUT2D eigenvalue weighted by Crippen LogP contribution is -2.27. The van der Waals surface area contributed by atoms with Crippen LogP contribution < -0.4 is 0 Å². The molecular formula is C9H14O2. The third kappa shape index (κ3) is 1.22. The van der Waals surface area contributed by atoms with Crippen LogP contribution in [0.25, 0.3) is 0 Å². The summed E-state index contributed by atoms with van der Waals surface area (Å²) < 4.78 is 0. The van der Waals surface area contributed by atoms with Crippen LogP contribution in [0.4, 0.5) is 0 Å². The van der Waals surface area contributed by atoms with Crippen molar-refractivity contribution < 1.29 is 9.59 Å². The maximum Gasteiger partial charge on any atom is 0.148 e. The van der Waals surface area contributed by atoms with Gasteiger partial charge < -0.3 is 0 Å². The van der Waals surface area contributed by atoms with Crippen molar-refractivity contribution in [3.05, 3.63) is 0 Å². The highest BCUT2D eigenvalue weighted by Crippen LogP contribution is 2.48. The summed E-state index contributed by atoms with van der Waals surface area (Å²) in [4.78, 5) is 22.5. The standard InChI is InChI=1S/C9H14O2/c1-6(2)8(11)9(4-5-9)7(3)10/h6H,4-5H2,1-3H3. The van der Waals surface area contributed by atoms with Crippen LogP contribution in [0.2, 0.25) is 0 Å². The molecule has 1 saturated carbocycles. The molecule has 0 aliphatic heterocycles. The van der Waals surface area contributed by atoms with E-state index in [0.717, 1.165) is 12.8 Å². The molecule has 0 amide bonds. The van der Waals surface area contributed by atoms with Gasteiger partial charge in [0.1, 0.15) is 11.6 Å². The number of rotatable bonds is 3. The molecule has 1 rings (SSSR count). The van der Waals surface area contributed by atoms with E-state index in [0.29, 0.717) is 0 Å². The van der Waals surface area contributed by atoms with Crippen LogP contribution in [0.1, 0.15) is 33.6 Å². The fourth-order valence-corrected chi connectivity index (χ4v) is 1.45. The van der Waals surface area contributed by atoms with Gasteiger partial charge in [-0.15, -0.1) is 0 Å². The van der Waals surface area contributed by atoms with Gasteiger partial charge in [-0.05, 0) is 19.8 Å². The van der Waals surface area contributed by atoms with Crippen LogP contribution in [0, 0.1) is 11.3 Å². The highest BCUT2D eigenvalue weighted by Gasteiger charge is 2.53. The summed E-state index contributed by atoms with van der Waals surface area (Å²) in [6.07, 6.45) is 1.55. The number of ketones is 2. The van der Waals surface area contributed by atoms with E-state index < -0.39 is 5.41 Å². The average molecular weight is 154 g/mol. The fourth-order valence-electron chi connectivity index (χ4n) is 1.45. The summed E-state index contributed by atoms with van der Waals surface area (Å²) in [5, 5.41) is 0. The average Bonchev–Trinajstić information content (AvgIpc) is 2.65. The van der Waals surface area contributed by atoms with Gasteiger partial charge in [0, 0.05) is 5.92 Å². The maximum atomic E-state index is 11.4. The third-order valence-corrected chi connectivity index (χ3v) is 2.42. The van der Waals surface area contributed by atoms with E-state index in [1.807, 2.05) is 13.8 Å². The van der Waals surface area contributed by atoms with Gasteiger partial charge in [-0.1, -0.05) is 13.8 Å². The van der Waals surface area contributed by atoms with Crippen LogP contribution in [-0.2, 0) is 9.59 Å². The molecule has 0 aromatic heterocycles. The summed E-state index contributed by atoms with van der Waals surface area (Å²) in [7, 11) is 0. The van der Waals surface area contributed by atoms with Crippen molar-refractivity contribution in [1.82, 2.24) is 0 Å². The second kappa shape index (κ2) is 2.43. The maximum absolute atomic E-state index is 11.4. The molecule has 1 aliphatic rings. The Bertz CT molecular complexity index is 200. The molecule has 1 aliphatic carbocycles. The number of hydrogen-bond donors (Lipinski definition) is 0. The van der Waals surface area contributed by atoms with E-state index in [1.54, 1.807) is 0 Å². The Morgan fingerprint density at radius 1 is 1.27 bits per heavy atom. The molecular weight excluding hydrogens is 140 g/mol. The second-order valence-electron chi connectivity index (χ2n) is 3.66. The molecule has 1 fully saturated rings. The molecule has 0 aromatic carbocycles. The molecule has 0 bridgehead atoms. The van der Waals surface area contributed by atoms with E-state index >= 15 is 0 Å². The Hall–Kier alpha value is -0.660. The van der Waals surface area contributed by atoms with Gasteiger partial charge in [0.05, 0.1) is 5.41 Å². The van der Waals surface area contributed by atoms with E-state index in [-0.39, 0.29) is 17.5 Å². The summed E-state index contributed by atoms with van der Waals surface area (Å²) in [6, 6.07) is 0. The summed E-state index contributed by atoms with van der Waals surface area (Å²) in [5.41, 5.74) is -0.547. The first-order valence-corrected chi connectivity index (χ1v) is 4.06. The SMILES string of the molecule is CC(=O)C1(C(=O)C(C)C)CC1. The lowest BCUT2D eigenvalue weighted by molar-refractivity contribution is -0.135. The molecule has 0 unspecified atom stereocenters. The summed E-state index contributed by atoms with van der Waals surface area (Å²) in [6.45, 7) is 5.23. The molecule has 0 spiro atoms. The molecule has 0 heterocycles. The van der Waals surface area contributed by atoms with Gasteiger partial charge in [0.15, 0.2) is 0 Å². The molecule has 0 radical (unpaired) electrons. The Balaban J connectivity index is 2.74. The molecule has 2 heteroatoms. The highest BCUT2D eigenvalue weighted by atomic mass is 16.2. The summed E-state index contributed by atoms with van der Waals surface area (Å²) >= 11 is 0. The van der Waals surface area contributed by atoms with Crippen LogP contribution >= 0.6 is 0 Å². The Kier molecular flexibility index (Phi) is 1.87. The van der Waals surface area contributed by atoms with Crippen molar-refractivity contribution in [1.29, 1.82) is 0 Å². The van der Waals surface area contributed by atoms with Crippen molar-refractivity contribution in [3.8, 4) is 0 Å². The van der Waals surface area contributed by atoms with E-state index in [1.165, 1.54) is 6.92 Å². The minimum absolute atomic E-state index is 0.00130. The number of carbonyl (C=O) groups is 2. The van der Waals surface area contributed by atoms with E-state index in [2.05, 4.69) is 0 Å². The van der Waals surface area contributed by atoms with Crippen LogP contribution in [0.15, 0.2) is 0 Å². The number of hydrogen-bond acceptors (Lipinski definition) is 2. The fraction of sp³-hybridized carbons (Fsp3) is 0.778. The van der Waals surface area contributed by atoms with E-state index in [4.69, 9.17) is 0 Å². The molecule has 0 saturated heterocycles. The van der Waals surface area contributed by atoms with Crippen molar-refractivity contribution >= 4 is 11.6 Å². The molecule has 0 aromatic rings. The highest BCUT2D eigenvalue weighted by molar-refractivity contribution is 6.09. The first kappa shape index (κ1) is 8.44. The Labute approximate surface area is 67.0 Å². The smallest absolute Gasteiger partial charge is 0.148 e. The summed E-state index contributed by atoms with van der Waals surface area (Å²) in [5.74, 6) is 0.183. The largest absolute Gasteiger partial charge is 0.299 e. The van der Waals surface area contributed by atoms with E-state index in [9.17, 15) is 9.59 Å². The zero-order valence-corrected chi connectivity index (χ0v) is 7.31. The minimum Gasteiger partial charge on any atom is -0.299 e. The van der Waals surface area contributed by atoms with Crippen molar-refractivity contribution in [3.63, 3.8) is 0 Å².